The van der Waals surface area contributed by atoms with Gasteiger partial charge in [-0.15, -0.1) is 0 Å². The first-order chi connectivity index (χ1) is 10.2. The van der Waals surface area contributed by atoms with Crippen molar-refractivity contribution >= 4 is 23.2 Å². The number of carbonyl (C=O) groups excluding carboxylic acids is 1. The quantitative estimate of drug-likeness (QED) is 0.778. The van der Waals surface area contributed by atoms with Crippen molar-refractivity contribution in [2.24, 2.45) is 0 Å². The van der Waals surface area contributed by atoms with Gasteiger partial charge in [0, 0.05) is 18.0 Å². The van der Waals surface area contributed by atoms with Gasteiger partial charge in [-0.1, -0.05) is 23.7 Å². The van der Waals surface area contributed by atoms with E-state index in [1.165, 1.54) is 0 Å². The molecule has 3 rings (SSSR count). The van der Waals surface area contributed by atoms with E-state index in [0.29, 0.717) is 22.1 Å². The number of pyridine rings is 1. The van der Waals surface area contributed by atoms with Crippen LogP contribution in [0, 0.1) is 0 Å². The third-order valence-corrected chi connectivity index (χ3v) is 3.25. The molecule has 2 aromatic heterocycles. The van der Waals surface area contributed by atoms with E-state index >= 15 is 0 Å². The van der Waals surface area contributed by atoms with Crippen LogP contribution in [0.1, 0.15) is 10.5 Å². The Morgan fingerprint density at radius 1 is 1.14 bits per heavy atom. The highest BCUT2D eigenvalue weighted by Gasteiger charge is 2.12. The summed E-state index contributed by atoms with van der Waals surface area (Å²) in [5, 5.41) is 10.1. The summed E-state index contributed by atoms with van der Waals surface area (Å²) in [7, 11) is 0. The van der Waals surface area contributed by atoms with Crippen LogP contribution in [0.4, 0.5) is 5.69 Å². The number of amides is 1. The molecule has 0 radical (unpaired) electrons. The zero-order valence-electron chi connectivity index (χ0n) is 10.9. The molecule has 0 bridgehead atoms. The van der Waals surface area contributed by atoms with Crippen LogP contribution in [0.2, 0.25) is 5.02 Å². The molecule has 0 saturated heterocycles. The van der Waals surface area contributed by atoms with Crippen LogP contribution in [-0.4, -0.2) is 21.1 Å². The minimum Gasteiger partial charge on any atom is -0.319 e. The Labute approximate surface area is 126 Å². The second kappa shape index (κ2) is 5.76. The average Bonchev–Trinajstić information content (AvgIpc) is 3.00. The molecular weight excluding hydrogens is 288 g/mol. The topological polar surface area (TPSA) is 70.7 Å². The Balaban J connectivity index is 1.80. The van der Waals surface area contributed by atoms with Crippen LogP contribution in [-0.2, 0) is 0 Å². The molecule has 0 unspecified atom stereocenters. The van der Waals surface area contributed by atoms with Gasteiger partial charge in [0.15, 0.2) is 0 Å². The van der Waals surface area contributed by atoms with Crippen LogP contribution in [0.5, 0.6) is 0 Å². The average molecular weight is 299 g/mol. The van der Waals surface area contributed by atoms with E-state index in [4.69, 9.17) is 11.6 Å². The van der Waals surface area contributed by atoms with Crippen molar-refractivity contribution in [2.75, 3.05) is 5.32 Å². The summed E-state index contributed by atoms with van der Waals surface area (Å²) in [6.45, 7) is 0. The third kappa shape index (κ3) is 2.93. The number of hydrogen-bond acceptors (Lipinski definition) is 3. The largest absolute Gasteiger partial charge is 0.319 e. The second-order valence-electron chi connectivity index (χ2n) is 4.34. The minimum absolute atomic E-state index is 0.295. The monoisotopic (exact) mass is 298 g/mol. The molecule has 0 aliphatic rings. The first-order valence-electron chi connectivity index (χ1n) is 6.26. The number of carbonyl (C=O) groups is 1. The van der Waals surface area contributed by atoms with Gasteiger partial charge in [0.2, 0.25) is 0 Å². The number of aromatic amines is 1. The number of nitrogens with zero attached hydrogens (tertiary/aromatic N) is 2. The smallest absolute Gasteiger partial charge is 0.273 e. The Morgan fingerprint density at radius 2 is 1.90 bits per heavy atom. The van der Waals surface area contributed by atoms with Crippen LogP contribution >= 0.6 is 11.6 Å². The lowest BCUT2D eigenvalue weighted by atomic mass is 10.2. The number of anilines is 1. The zero-order chi connectivity index (χ0) is 14.7. The summed E-state index contributed by atoms with van der Waals surface area (Å²) in [6, 6.07) is 12.4. The fraction of sp³-hybridized carbons (Fsp3) is 0. The molecule has 2 N–H and O–H groups in total. The molecule has 0 aliphatic heterocycles. The van der Waals surface area contributed by atoms with Crippen molar-refractivity contribution < 1.29 is 4.79 Å². The molecule has 1 aromatic carbocycles. The fourth-order valence-corrected chi connectivity index (χ4v) is 2.04. The maximum Gasteiger partial charge on any atom is 0.273 e. The van der Waals surface area contributed by atoms with Gasteiger partial charge in [0.1, 0.15) is 5.69 Å². The molecule has 0 spiro atoms. The summed E-state index contributed by atoms with van der Waals surface area (Å²) in [6.07, 6.45) is 3.35. The number of rotatable bonds is 3. The molecule has 21 heavy (non-hydrogen) atoms. The molecule has 1 amide bonds. The van der Waals surface area contributed by atoms with E-state index in [0.717, 1.165) is 5.56 Å². The van der Waals surface area contributed by atoms with Gasteiger partial charge in [0.05, 0.1) is 16.4 Å². The van der Waals surface area contributed by atoms with Gasteiger partial charge in [0.25, 0.3) is 5.91 Å². The van der Waals surface area contributed by atoms with Crippen molar-refractivity contribution in [3.63, 3.8) is 0 Å². The van der Waals surface area contributed by atoms with E-state index in [2.05, 4.69) is 20.5 Å². The fourth-order valence-electron chi connectivity index (χ4n) is 1.86. The van der Waals surface area contributed by atoms with E-state index in [-0.39, 0.29) is 5.91 Å². The molecule has 6 heteroatoms. The molecule has 104 valence electrons. The van der Waals surface area contributed by atoms with Gasteiger partial charge in [-0.05, 0) is 30.3 Å². The summed E-state index contributed by atoms with van der Waals surface area (Å²) < 4.78 is 0. The second-order valence-corrected chi connectivity index (χ2v) is 4.74. The van der Waals surface area contributed by atoms with Crippen molar-refractivity contribution in [3.8, 4) is 11.3 Å². The molecule has 0 aliphatic carbocycles. The van der Waals surface area contributed by atoms with Crippen molar-refractivity contribution in [1.82, 2.24) is 15.2 Å². The number of aromatic nitrogens is 3. The first-order valence-corrected chi connectivity index (χ1v) is 6.63. The maximum atomic E-state index is 12.2. The number of hydrogen-bond donors (Lipinski definition) is 2. The lowest BCUT2D eigenvalue weighted by molar-refractivity contribution is 0.102. The predicted octanol–water partition coefficient (Wildman–Crippen LogP) is 3.38. The summed E-state index contributed by atoms with van der Waals surface area (Å²) >= 11 is 6.01. The zero-order valence-corrected chi connectivity index (χ0v) is 11.6. The Kier molecular flexibility index (Phi) is 3.66. The van der Waals surface area contributed by atoms with Crippen LogP contribution < -0.4 is 5.32 Å². The van der Waals surface area contributed by atoms with Gasteiger partial charge in [-0.25, -0.2) is 0 Å². The normalized spacial score (nSPS) is 10.3. The summed E-state index contributed by atoms with van der Waals surface area (Å²) in [5.74, 6) is -0.295. The lowest BCUT2D eigenvalue weighted by Crippen LogP contribution is -2.12. The summed E-state index contributed by atoms with van der Waals surface area (Å²) in [5.41, 5.74) is 2.49. The van der Waals surface area contributed by atoms with E-state index in [1.807, 2.05) is 12.1 Å². The highest BCUT2D eigenvalue weighted by Crippen LogP contribution is 2.22. The van der Waals surface area contributed by atoms with E-state index in [1.54, 1.807) is 42.7 Å². The van der Waals surface area contributed by atoms with Crippen molar-refractivity contribution in [3.05, 3.63) is 65.6 Å². The van der Waals surface area contributed by atoms with Crippen molar-refractivity contribution in [2.45, 2.75) is 0 Å². The molecular formula is C15H11ClN4O. The van der Waals surface area contributed by atoms with Crippen LogP contribution in [0.25, 0.3) is 11.3 Å². The first kappa shape index (κ1) is 13.3. The summed E-state index contributed by atoms with van der Waals surface area (Å²) in [4.78, 5) is 16.1. The van der Waals surface area contributed by atoms with Gasteiger partial charge in [-0.3, -0.25) is 14.9 Å². The van der Waals surface area contributed by atoms with E-state index < -0.39 is 0 Å². The molecule has 0 saturated carbocycles. The highest BCUT2D eigenvalue weighted by molar-refractivity contribution is 6.33. The SMILES string of the molecule is O=C(Nc1ccccc1Cl)c1cc(-c2ccncc2)n[nH]1. The third-order valence-electron chi connectivity index (χ3n) is 2.92. The number of nitrogens with one attached hydrogen (secondary N) is 2. The van der Waals surface area contributed by atoms with Crippen molar-refractivity contribution in [1.29, 1.82) is 0 Å². The number of H-pyrrole nitrogens is 1. The number of para-hydroxylation sites is 1. The Hall–Kier alpha value is -2.66. The van der Waals surface area contributed by atoms with Crippen LogP contribution in [0.3, 0.4) is 0 Å². The number of benzene rings is 1. The van der Waals surface area contributed by atoms with Gasteiger partial charge < -0.3 is 5.32 Å². The molecule has 5 nitrogen and oxygen atoms in total. The Bertz CT molecular complexity index is 770. The molecule has 2 heterocycles. The molecule has 3 aromatic rings. The lowest BCUT2D eigenvalue weighted by Gasteiger charge is -2.04. The van der Waals surface area contributed by atoms with E-state index in [9.17, 15) is 4.79 Å². The van der Waals surface area contributed by atoms with Gasteiger partial charge in [-0.2, -0.15) is 5.10 Å². The molecule has 0 fully saturated rings. The number of halogens is 1. The van der Waals surface area contributed by atoms with Gasteiger partial charge >= 0.3 is 0 Å². The predicted molar refractivity (Wildman–Crippen MR) is 81.2 cm³/mol. The van der Waals surface area contributed by atoms with Crippen LogP contribution in [0.15, 0.2) is 54.9 Å². The minimum atomic E-state index is -0.295. The maximum absolute atomic E-state index is 12.2. The molecule has 0 atom stereocenters. The highest BCUT2D eigenvalue weighted by atomic mass is 35.5. The Morgan fingerprint density at radius 3 is 2.67 bits per heavy atom. The standard InChI is InChI=1S/C15H11ClN4O/c16-11-3-1-2-4-12(11)18-15(21)14-9-13(19-20-14)10-5-7-17-8-6-10/h1-9H,(H,18,21)(H,19,20).